The molecule has 0 unspecified atom stereocenters. The molecule has 0 bridgehead atoms. The zero-order valence-corrected chi connectivity index (χ0v) is 8.92. The van der Waals surface area contributed by atoms with Gasteiger partial charge in [0.2, 0.25) is 6.79 Å². The van der Waals surface area contributed by atoms with Gasteiger partial charge in [0.25, 0.3) is 0 Å². The number of allylic oxidation sites excluding steroid dienone is 1. The van der Waals surface area contributed by atoms with Crippen LogP contribution < -0.4 is 5.32 Å². The van der Waals surface area contributed by atoms with Crippen LogP contribution >= 0.6 is 0 Å². The molecule has 0 aromatic heterocycles. The van der Waals surface area contributed by atoms with Crippen molar-refractivity contribution < 1.29 is 14.2 Å². The predicted molar refractivity (Wildman–Crippen MR) is 53.6 cm³/mol. The van der Waals surface area contributed by atoms with Gasteiger partial charge in [-0.05, 0) is 14.0 Å². The van der Waals surface area contributed by atoms with Gasteiger partial charge in [0.1, 0.15) is 5.76 Å². The Hall–Kier alpha value is -1.00. The van der Waals surface area contributed by atoms with Crippen LogP contribution in [0.4, 0.5) is 0 Å². The Morgan fingerprint density at radius 2 is 2.36 bits per heavy atom. The first-order valence-electron chi connectivity index (χ1n) is 4.53. The number of ether oxygens (including phenoxy) is 3. The summed E-state index contributed by atoms with van der Waals surface area (Å²) in [5.74, 6) is 1.49. The van der Waals surface area contributed by atoms with Crippen LogP contribution in [0.3, 0.4) is 0 Å². The summed E-state index contributed by atoms with van der Waals surface area (Å²) < 4.78 is 15.8. The average molecular weight is 199 g/mol. The van der Waals surface area contributed by atoms with Crippen molar-refractivity contribution in [3.8, 4) is 0 Å². The zero-order valence-electron chi connectivity index (χ0n) is 8.92. The second-order valence-corrected chi connectivity index (χ2v) is 3.10. The number of rotatable bonds is 5. The van der Waals surface area contributed by atoms with E-state index in [1.165, 1.54) is 0 Å². The molecule has 0 fully saturated rings. The molecule has 1 heterocycles. The Bertz CT molecular complexity index is 248. The first kappa shape index (κ1) is 11.1. The normalized spacial score (nSPS) is 17.6. The van der Waals surface area contributed by atoms with Crippen molar-refractivity contribution in [2.45, 2.75) is 13.0 Å². The van der Waals surface area contributed by atoms with E-state index in [0.717, 1.165) is 11.3 Å². The molecule has 80 valence electrons. The fourth-order valence-electron chi connectivity index (χ4n) is 1.34. The lowest BCUT2D eigenvalue weighted by Crippen LogP contribution is -2.28. The Balaban J connectivity index is 2.67. The van der Waals surface area contributed by atoms with Gasteiger partial charge in [-0.2, -0.15) is 0 Å². The molecule has 0 aromatic carbocycles. The van der Waals surface area contributed by atoms with Gasteiger partial charge in [-0.25, -0.2) is 0 Å². The molecule has 4 nitrogen and oxygen atoms in total. The lowest BCUT2D eigenvalue weighted by atomic mass is 10.1. The predicted octanol–water partition coefficient (Wildman–Crippen LogP) is 1.01. The van der Waals surface area contributed by atoms with E-state index in [1.807, 2.05) is 14.0 Å². The number of likely N-dealkylation sites (N-methyl/N-ethyl adjacent to an activating group) is 1. The second kappa shape index (κ2) is 5.02. The molecule has 0 amide bonds. The highest BCUT2D eigenvalue weighted by Crippen LogP contribution is 2.24. The lowest BCUT2D eigenvalue weighted by molar-refractivity contribution is 0.0678. The van der Waals surface area contributed by atoms with E-state index >= 15 is 0 Å². The molecular formula is C10H17NO3. The Morgan fingerprint density at radius 3 is 2.79 bits per heavy atom. The van der Waals surface area contributed by atoms with Gasteiger partial charge in [0, 0.05) is 19.2 Å². The van der Waals surface area contributed by atoms with Gasteiger partial charge in [-0.15, -0.1) is 0 Å². The molecule has 0 saturated heterocycles. The van der Waals surface area contributed by atoms with Crippen LogP contribution in [0.5, 0.6) is 0 Å². The minimum absolute atomic E-state index is 0.0772. The van der Waals surface area contributed by atoms with E-state index in [-0.39, 0.29) is 12.9 Å². The highest BCUT2D eigenvalue weighted by atomic mass is 16.7. The van der Waals surface area contributed by atoms with Crippen LogP contribution in [0, 0.1) is 0 Å². The molecule has 0 spiro atoms. The van der Waals surface area contributed by atoms with E-state index in [4.69, 9.17) is 14.2 Å². The summed E-state index contributed by atoms with van der Waals surface area (Å²) in [6, 6.07) is 0. The summed E-state index contributed by atoms with van der Waals surface area (Å²) in [4.78, 5) is 0. The first-order chi connectivity index (χ1) is 6.70. The Labute approximate surface area is 84.5 Å². The number of hydrogen-bond donors (Lipinski definition) is 1. The minimum atomic E-state index is -0.0772. The Morgan fingerprint density at radius 1 is 1.64 bits per heavy atom. The van der Waals surface area contributed by atoms with E-state index in [2.05, 4.69) is 11.9 Å². The monoisotopic (exact) mass is 199 g/mol. The van der Waals surface area contributed by atoms with Crippen molar-refractivity contribution >= 4 is 0 Å². The quantitative estimate of drug-likeness (QED) is 0.717. The summed E-state index contributed by atoms with van der Waals surface area (Å²) in [5.41, 5.74) is 0.817. The zero-order chi connectivity index (χ0) is 10.6. The molecule has 1 rings (SSSR count). The standard InChI is InChI=1S/C10H17NO3/c1-7(9(12-4)5-11-3)10-8(2)13-6-14-10/h9,11H,1,5-6H2,2-4H3/t9-/m0/s1. The van der Waals surface area contributed by atoms with Gasteiger partial charge in [-0.3, -0.25) is 0 Å². The van der Waals surface area contributed by atoms with Crippen LogP contribution in [-0.4, -0.2) is 33.6 Å². The van der Waals surface area contributed by atoms with Crippen LogP contribution in [0.25, 0.3) is 0 Å². The average Bonchev–Trinajstić information content (AvgIpc) is 2.59. The summed E-state index contributed by atoms with van der Waals surface area (Å²) in [6.45, 7) is 6.79. The Kier molecular flexibility index (Phi) is 3.98. The fraction of sp³-hybridized carbons (Fsp3) is 0.600. The largest absolute Gasteiger partial charge is 0.458 e. The third kappa shape index (κ3) is 2.27. The van der Waals surface area contributed by atoms with Crippen molar-refractivity contribution in [3.63, 3.8) is 0 Å². The van der Waals surface area contributed by atoms with Gasteiger partial charge in [-0.1, -0.05) is 6.58 Å². The smallest absolute Gasteiger partial charge is 0.230 e. The lowest BCUT2D eigenvalue weighted by Gasteiger charge is -2.17. The molecule has 0 saturated carbocycles. The van der Waals surface area contributed by atoms with E-state index < -0.39 is 0 Å². The number of nitrogens with one attached hydrogen (secondary N) is 1. The van der Waals surface area contributed by atoms with E-state index in [1.54, 1.807) is 7.11 Å². The molecule has 1 atom stereocenters. The summed E-state index contributed by atoms with van der Waals surface area (Å²) in [6.07, 6.45) is -0.0772. The van der Waals surface area contributed by atoms with Crippen molar-refractivity contribution in [1.82, 2.24) is 5.32 Å². The summed E-state index contributed by atoms with van der Waals surface area (Å²) in [5, 5.41) is 3.03. The molecular weight excluding hydrogens is 182 g/mol. The molecule has 1 aliphatic rings. The summed E-state index contributed by atoms with van der Waals surface area (Å²) in [7, 11) is 3.52. The number of methoxy groups -OCH3 is 1. The van der Waals surface area contributed by atoms with Gasteiger partial charge >= 0.3 is 0 Å². The van der Waals surface area contributed by atoms with Gasteiger partial charge < -0.3 is 19.5 Å². The van der Waals surface area contributed by atoms with E-state index in [0.29, 0.717) is 12.3 Å². The summed E-state index contributed by atoms with van der Waals surface area (Å²) >= 11 is 0. The van der Waals surface area contributed by atoms with Gasteiger partial charge in [0.15, 0.2) is 5.76 Å². The number of hydrogen-bond acceptors (Lipinski definition) is 4. The highest BCUT2D eigenvalue weighted by Gasteiger charge is 2.22. The second-order valence-electron chi connectivity index (χ2n) is 3.10. The molecule has 1 aliphatic heterocycles. The van der Waals surface area contributed by atoms with Crippen molar-refractivity contribution in [2.24, 2.45) is 0 Å². The topological polar surface area (TPSA) is 39.7 Å². The van der Waals surface area contributed by atoms with Crippen LogP contribution in [-0.2, 0) is 14.2 Å². The highest BCUT2D eigenvalue weighted by molar-refractivity contribution is 5.30. The van der Waals surface area contributed by atoms with E-state index in [9.17, 15) is 0 Å². The first-order valence-corrected chi connectivity index (χ1v) is 4.53. The molecule has 4 heteroatoms. The van der Waals surface area contributed by atoms with Crippen molar-refractivity contribution in [1.29, 1.82) is 0 Å². The third-order valence-corrected chi connectivity index (χ3v) is 2.15. The van der Waals surface area contributed by atoms with Crippen LogP contribution in [0.2, 0.25) is 0 Å². The molecule has 1 N–H and O–H groups in total. The van der Waals surface area contributed by atoms with Crippen molar-refractivity contribution in [2.75, 3.05) is 27.5 Å². The maximum absolute atomic E-state index is 5.31. The van der Waals surface area contributed by atoms with Crippen LogP contribution in [0.15, 0.2) is 23.7 Å². The maximum atomic E-state index is 5.31. The molecule has 0 radical (unpaired) electrons. The molecule has 0 aromatic rings. The third-order valence-electron chi connectivity index (χ3n) is 2.15. The van der Waals surface area contributed by atoms with Crippen molar-refractivity contribution in [3.05, 3.63) is 23.7 Å². The maximum Gasteiger partial charge on any atom is 0.230 e. The fourth-order valence-corrected chi connectivity index (χ4v) is 1.34. The van der Waals surface area contributed by atoms with Gasteiger partial charge in [0.05, 0.1) is 6.10 Å². The molecule has 0 aliphatic carbocycles. The minimum Gasteiger partial charge on any atom is -0.458 e. The SMILES string of the molecule is C=C(C1=C(C)OCO1)[C@H](CNC)OC. The van der Waals surface area contributed by atoms with Crippen LogP contribution in [0.1, 0.15) is 6.92 Å². The molecule has 14 heavy (non-hydrogen) atoms.